The second kappa shape index (κ2) is 7.86. The van der Waals surface area contributed by atoms with Gasteiger partial charge in [-0.1, -0.05) is 18.2 Å². The minimum absolute atomic E-state index is 0.0403. The molecule has 1 aliphatic rings. The molecule has 3 rings (SSSR count). The first-order chi connectivity index (χ1) is 12.4. The molecular weight excluding hydrogens is 350 g/mol. The zero-order valence-corrected chi connectivity index (χ0v) is 15.6. The molecule has 1 atom stereocenters. The van der Waals surface area contributed by atoms with Crippen molar-refractivity contribution >= 4 is 21.4 Å². The molecule has 1 fully saturated rings. The SMILES string of the molecule is C[C@H](Cc1cccnc1)NC(=O)c1ccccc1N1CCS(=O)(=O)CC1. The third kappa shape index (κ3) is 4.60. The quantitative estimate of drug-likeness (QED) is 0.863. The lowest BCUT2D eigenvalue weighted by atomic mass is 10.1. The molecule has 1 N–H and O–H groups in total. The first-order valence-electron chi connectivity index (χ1n) is 8.69. The Bertz CT molecular complexity index is 855. The third-order valence-electron chi connectivity index (χ3n) is 4.48. The van der Waals surface area contributed by atoms with Crippen molar-refractivity contribution in [2.24, 2.45) is 0 Å². The van der Waals surface area contributed by atoms with Crippen molar-refractivity contribution < 1.29 is 13.2 Å². The van der Waals surface area contributed by atoms with Crippen LogP contribution in [0.4, 0.5) is 5.69 Å². The summed E-state index contributed by atoms with van der Waals surface area (Å²) in [7, 11) is -2.96. The van der Waals surface area contributed by atoms with E-state index < -0.39 is 9.84 Å². The predicted molar refractivity (Wildman–Crippen MR) is 102 cm³/mol. The van der Waals surface area contributed by atoms with E-state index in [9.17, 15) is 13.2 Å². The highest BCUT2D eigenvalue weighted by molar-refractivity contribution is 7.91. The van der Waals surface area contributed by atoms with Gasteiger partial charge in [0.25, 0.3) is 5.91 Å². The van der Waals surface area contributed by atoms with E-state index in [2.05, 4.69) is 10.3 Å². The molecule has 0 spiro atoms. The molecule has 1 aromatic carbocycles. The topological polar surface area (TPSA) is 79.4 Å². The van der Waals surface area contributed by atoms with Crippen LogP contribution in [0, 0.1) is 0 Å². The number of para-hydroxylation sites is 1. The summed E-state index contributed by atoms with van der Waals surface area (Å²) in [6.45, 7) is 2.79. The fourth-order valence-corrected chi connectivity index (χ4v) is 4.32. The number of aromatic nitrogens is 1. The summed E-state index contributed by atoms with van der Waals surface area (Å²) in [5.74, 6) is 0.103. The van der Waals surface area contributed by atoms with Gasteiger partial charge >= 0.3 is 0 Å². The van der Waals surface area contributed by atoms with Crippen molar-refractivity contribution in [3.8, 4) is 0 Å². The van der Waals surface area contributed by atoms with E-state index in [-0.39, 0.29) is 23.5 Å². The fourth-order valence-electron chi connectivity index (χ4n) is 3.12. The third-order valence-corrected chi connectivity index (χ3v) is 6.09. The van der Waals surface area contributed by atoms with Gasteiger partial charge in [-0.25, -0.2) is 8.42 Å². The molecule has 6 nitrogen and oxygen atoms in total. The normalized spacial score (nSPS) is 17.5. The Kier molecular flexibility index (Phi) is 5.56. The molecule has 2 aromatic rings. The van der Waals surface area contributed by atoms with Gasteiger partial charge in [-0.15, -0.1) is 0 Å². The number of anilines is 1. The summed E-state index contributed by atoms with van der Waals surface area (Å²) in [5.41, 5.74) is 2.42. The zero-order valence-electron chi connectivity index (χ0n) is 14.8. The first kappa shape index (κ1) is 18.4. The Morgan fingerprint density at radius 3 is 2.62 bits per heavy atom. The highest BCUT2D eigenvalue weighted by atomic mass is 32.2. The molecule has 1 aromatic heterocycles. The Morgan fingerprint density at radius 2 is 1.92 bits per heavy atom. The van der Waals surface area contributed by atoms with Gasteiger partial charge in [0.15, 0.2) is 9.84 Å². The summed E-state index contributed by atoms with van der Waals surface area (Å²) in [4.78, 5) is 18.8. The van der Waals surface area contributed by atoms with Crippen LogP contribution < -0.4 is 10.2 Å². The van der Waals surface area contributed by atoms with Crippen LogP contribution in [-0.2, 0) is 16.3 Å². The maximum atomic E-state index is 12.8. The fraction of sp³-hybridized carbons (Fsp3) is 0.368. The summed E-state index contributed by atoms with van der Waals surface area (Å²) >= 11 is 0. The highest BCUT2D eigenvalue weighted by Crippen LogP contribution is 2.22. The number of nitrogens with one attached hydrogen (secondary N) is 1. The monoisotopic (exact) mass is 373 g/mol. The molecule has 26 heavy (non-hydrogen) atoms. The van der Waals surface area contributed by atoms with Crippen molar-refractivity contribution in [1.82, 2.24) is 10.3 Å². The first-order valence-corrected chi connectivity index (χ1v) is 10.5. The van der Waals surface area contributed by atoms with Gasteiger partial charge in [-0.05, 0) is 37.1 Å². The van der Waals surface area contributed by atoms with E-state index in [1.807, 2.05) is 42.2 Å². The number of hydrogen-bond acceptors (Lipinski definition) is 5. The van der Waals surface area contributed by atoms with Crippen LogP contribution in [-0.4, -0.2) is 49.9 Å². The number of pyridine rings is 1. The molecular formula is C19H23N3O3S. The Hall–Kier alpha value is -2.41. The molecule has 0 radical (unpaired) electrons. The molecule has 1 saturated heterocycles. The number of sulfone groups is 1. The lowest BCUT2D eigenvalue weighted by Crippen LogP contribution is -2.42. The maximum absolute atomic E-state index is 12.8. The van der Waals surface area contributed by atoms with E-state index in [1.54, 1.807) is 18.5 Å². The van der Waals surface area contributed by atoms with Crippen LogP contribution in [0.25, 0.3) is 0 Å². The second-order valence-electron chi connectivity index (χ2n) is 6.60. The minimum Gasteiger partial charge on any atom is -0.369 e. The van der Waals surface area contributed by atoms with Gasteiger partial charge in [0, 0.05) is 37.2 Å². The van der Waals surface area contributed by atoms with Crippen molar-refractivity contribution in [3.63, 3.8) is 0 Å². The van der Waals surface area contributed by atoms with Crippen LogP contribution in [0.2, 0.25) is 0 Å². The molecule has 0 bridgehead atoms. The van der Waals surface area contributed by atoms with E-state index in [4.69, 9.17) is 0 Å². The summed E-state index contributed by atoms with van der Waals surface area (Å²) in [5, 5.41) is 3.03. The van der Waals surface area contributed by atoms with E-state index in [0.717, 1.165) is 11.3 Å². The molecule has 138 valence electrons. The molecule has 0 unspecified atom stereocenters. The van der Waals surface area contributed by atoms with Crippen LogP contribution >= 0.6 is 0 Å². The molecule has 0 saturated carbocycles. The van der Waals surface area contributed by atoms with Crippen LogP contribution in [0.3, 0.4) is 0 Å². The van der Waals surface area contributed by atoms with Crippen molar-refractivity contribution in [2.75, 3.05) is 29.5 Å². The number of carbonyl (C=O) groups is 1. The molecule has 2 heterocycles. The van der Waals surface area contributed by atoms with Crippen molar-refractivity contribution in [1.29, 1.82) is 0 Å². The van der Waals surface area contributed by atoms with Gasteiger partial charge in [-0.2, -0.15) is 0 Å². The highest BCUT2D eigenvalue weighted by Gasteiger charge is 2.25. The van der Waals surface area contributed by atoms with Gasteiger partial charge in [0.2, 0.25) is 0 Å². The maximum Gasteiger partial charge on any atom is 0.253 e. The van der Waals surface area contributed by atoms with Gasteiger partial charge in [-0.3, -0.25) is 9.78 Å². The second-order valence-corrected chi connectivity index (χ2v) is 8.90. The van der Waals surface area contributed by atoms with Gasteiger partial charge in [0.1, 0.15) is 0 Å². The van der Waals surface area contributed by atoms with E-state index in [1.165, 1.54) is 0 Å². The smallest absolute Gasteiger partial charge is 0.253 e. The summed E-state index contributed by atoms with van der Waals surface area (Å²) in [6, 6.07) is 11.2. The average molecular weight is 373 g/mol. The number of carbonyl (C=O) groups excluding carboxylic acids is 1. The Morgan fingerprint density at radius 1 is 1.19 bits per heavy atom. The van der Waals surface area contributed by atoms with Gasteiger partial charge in [0.05, 0.1) is 17.1 Å². The summed E-state index contributed by atoms with van der Waals surface area (Å²) in [6.07, 6.45) is 4.22. The largest absolute Gasteiger partial charge is 0.369 e. The number of hydrogen-bond donors (Lipinski definition) is 1. The van der Waals surface area contributed by atoms with Crippen LogP contribution in [0.15, 0.2) is 48.8 Å². The van der Waals surface area contributed by atoms with Crippen LogP contribution in [0.5, 0.6) is 0 Å². The Balaban J connectivity index is 1.70. The lowest BCUT2D eigenvalue weighted by Gasteiger charge is -2.30. The Labute approximate surface area is 154 Å². The predicted octanol–water partition coefficient (Wildman–Crippen LogP) is 1.68. The molecule has 0 aliphatic carbocycles. The number of rotatable bonds is 5. The summed E-state index contributed by atoms with van der Waals surface area (Å²) < 4.78 is 23.3. The minimum atomic E-state index is -2.96. The van der Waals surface area contributed by atoms with E-state index >= 15 is 0 Å². The number of amides is 1. The van der Waals surface area contributed by atoms with E-state index in [0.29, 0.717) is 25.1 Å². The van der Waals surface area contributed by atoms with Crippen LogP contribution in [0.1, 0.15) is 22.8 Å². The number of nitrogens with zero attached hydrogens (tertiary/aromatic N) is 2. The van der Waals surface area contributed by atoms with Gasteiger partial charge < -0.3 is 10.2 Å². The van der Waals surface area contributed by atoms with Crippen molar-refractivity contribution in [2.45, 2.75) is 19.4 Å². The zero-order chi connectivity index (χ0) is 18.6. The molecule has 7 heteroatoms. The number of benzene rings is 1. The lowest BCUT2D eigenvalue weighted by molar-refractivity contribution is 0.0940. The molecule has 1 aliphatic heterocycles. The molecule has 1 amide bonds. The standard InChI is InChI=1S/C19H23N3O3S/c1-15(13-16-5-4-8-20-14-16)21-19(23)17-6-2-3-7-18(17)22-9-11-26(24,25)12-10-22/h2-8,14-15H,9-13H2,1H3,(H,21,23)/t15-/m1/s1. The van der Waals surface area contributed by atoms with Crippen molar-refractivity contribution in [3.05, 3.63) is 59.9 Å². The average Bonchev–Trinajstić information content (AvgIpc) is 2.62.